The van der Waals surface area contributed by atoms with Crippen LogP contribution in [0.1, 0.15) is 12.5 Å². The largest absolute Gasteiger partial charge is 0.494 e. The molecule has 2 rings (SSSR count). The Hall–Kier alpha value is -1.05. The zero-order valence-corrected chi connectivity index (χ0v) is 17.2. The lowest BCUT2D eigenvalue weighted by molar-refractivity contribution is -0.132. The second-order valence-electron chi connectivity index (χ2n) is 5.90. The molecule has 8 heteroatoms. The van der Waals surface area contributed by atoms with E-state index in [0.29, 0.717) is 26.3 Å². The molecule has 1 fully saturated rings. The van der Waals surface area contributed by atoms with Gasteiger partial charge in [-0.25, -0.2) is 0 Å². The summed E-state index contributed by atoms with van der Waals surface area (Å²) in [7, 11) is 1.66. The summed E-state index contributed by atoms with van der Waals surface area (Å²) in [4.78, 5) is 16.4. The molecule has 1 aromatic rings. The van der Waals surface area contributed by atoms with Gasteiger partial charge in [-0.2, -0.15) is 0 Å². The van der Waals surface area contributed by atoms with Gasteiger partial charge in [-0.05, 0) is 24.6 Å². The molecule has 1 aromatic carbocycles. The van der Waals surface area contributed by atoms with Crippen molar-refractivity contribution < 1.29 is 14.3 Å². The highest BCUT2D eigenvalue weighted by atomic mass is 35.5. The molecule has 26 heavy (non-hydrogen) atoms. The molecule has 0 aromatic heterocycles. The molecule has 0 aliphatic carbocycles. The Morgan fingerprint density at radius 3 is 2.35 bits per heavy atom. The number of carbonyl (C=O) groups excluding carboxylic acids is 1. The number of amides is 1. The maximum Gasteiger partial charge on any atom is 0.236 e. The number of hydrogen-bond acceptors (Lipinski definition) is 5. The summed E-state index contributed by atoms with van der Waals surface area (Å²) in [5, 5.41) is 3.11. The molecular weight excluding hydrogens is 377 g/mol. The molecule has 0 saturated carbocycles. The molecular formula is C18H31Cl2N3O3. The monoisotopic (exact) mass is 407 g/mol. The van der Waals surface area contributed by atoms with E-state index in [4.69, 9.17) is 9.47 Å². The van der Waals surface area contributed by atoms with Crippen LogP contribution in [0.5, 0.6) is 5.75 Å². The molecule has 1 aliphatic rings. The summed E-state index contributed by atoms with van der Waals surface area (Å²) in [5.41, 5.74) is 1.28. The van der Waals surface area contributed by atoms with Crippen LogP contribution in [0.15, 0.2) is 24.3 Å². The average molecular weight is 408 g/mol. The first-order chi connectivity index (χ1) is 11.7. The van der Waals surface area contributed by atoms with Crippen LogP contribution in [-0.4, -0.2) is 75.3 Å². The maximum atomic E-state index is 12.1. The second-order valence-corrected chi connectivity index (χ2v) is 5.90. The van der Waals surface area contributed by atoms with Crippen LogP contribution in [0.25, 0.3) is 0 Å². The highest BCUT2D eigenvalue weighted by Gasteiger charge is 2.20. The van der Waals surface area contributed by atoms with Crippen molar-refractivity contribution in [2.45, 2.75) is 13.5 Å². The predicted molar refractivity (Wildman–Crippen MR) is 109 cm³/mol. The molecule has 1 N–H and O–H groups in total. The SMILES string of the molecule is CCOc1ccc(CN2CCN(C(=O)CNCCOC)CC2)cc1.Cl.Cl. The first-order valence-electron chi connectivity index (χ1n) is 8.64. The molecule has 150 valence electrons. The number of piperazine rings is 1. The summed E-state index contributed by atoms with van der Waals surface area (Å²) in [5.74, 6) is 1.09. The van der Waals surface area contributed by atoms with Crippen molar-refractivity contribution in [1.29, 1.82) is 0 Å². The molecule has 0 radical (unpaired) electrons. The van der Waals surface area contributed by atoms with Crippen molar-refractivity contribution in [3.8, 4) is 5.75 Å². The van der Waals surface area contributed by atoms with E-state index in [1.165, 1.54) is 5.56 Å². The lowest BCUT2D eigenvalue weighted by Gasteiger charge is -2.34. The minimum absolute atomic E-state index is 0. The van der Waals surface area contributed by atoms with Gasteiger partial charge in [0.05, 0.1) is 19.8 Å². The molecule has 0 spiro atoms. The van der Waals surface area contributed by atoms with Gasteiger partial charge in [0.2, 0.25) is 5.91 Å². The number of rotatable bonds is 9. The third kappa shape index (κ3) is 8.56. The number of nitrogens with one attached hydrogen (secondary N) is 1. The highest BCUT2D eigenvalue weighted by molar-refractivity contribution is 5.85. The van der Waals surface area contributed by atoms with Gasteiger partial charge in [0.15, 0.2) is 0 Å². The van der Waals surface area contributed by atoms with E-state index in [1.54, 1.807) is 7.11 Å². The van der Waals surface area contributed by atoms with Crippen molar-refractivity contribution in [2.75, 3.05) is 59.6 Å². The van der Waals surface area contributed by atoms with Crippen LogP contribution in [0.2, 0.25) is 0 Å². The van der Waals surface area contributed by atoms with E-state index in [-0.39, 0.29) is 30.7 Å². The Morgan fingerprint density at radius 2 is 1.77 bits per heavy atom. The molecule has 1 amide bonds. The van der Waals surface area contributed by atoms with Crippen LogP contribution in [0.4, 0.5) is 0 Å². The minimum atomic E-state index is 0. The van der Waals surface area contributed by atoms with Gasteiger partial charge in [-0.3, -0.25) is 9.69 Å². The summed E-state index contributed by atoms with van der Waals surface area (Å²) >= 11 is 0. The van der Waals surface area contributed by atoms with Crippen LogP contribution >= 0.6 is 24.8 Å². The van der Waals surface area contributed by atoms with Crippen LogP contribution in [0, 0.1) is 0 Å². The number of halogens is 2. The van der Waals surface area contributed by atoms with Crippen molar-refractivity contribution in [3.63, 3.8) is 0 Å². The minimum Gasteiger partial charge on any atom is -0.494 e. The normalized spacial score (nSPS) is 14.3. The zero-order chi connectivity index (χ0) is 17.2. The fourth-order valence-electron chi connectivity index (χ4n) is 2.75. The smallest absolute Gasteiger partial charge is 0.236 e. The van der Waals surface area contributed by atoms with Gasteiger partial charge in [0.25, 0.3) is 0 Å². The van der Waals surface area contributed by atoms with Crippen molar-refractivity contribution in [3.05, 3.63) is 29.8 Å². The number of methoxy groups -OCH3 is 1. The molecule has 0 unspecified atom stereocenters. The number of benzene rings is 1. The molecule has 0 bridgehead atoms. The van der Waals surface area contributed by atoms with E-state index < -0.39 is 0 Å². The van der Waals surface area contributed by atoms with E-state index in [2.05, 4.69) is 22.3 Å². The van der Waals surface area contributed by atoms with Gasteiger partial charge in [0, 0.05) is 46.4 Å². The van der Waals surface area contributed by atoms with Gasteiger partial charge >= 0.3 is 0 Å². The lowest BCUT2D eigenvalue weighted by Crippen LogP contribution is -2.50. The number of nitrogens with zero attached hydrogens (tertiary/aromatic N) is 2. The fraction of sp³-hybridized carbons (Fsp3) is 0.611. The average Bonchev–Trinajstić information content (AvgIpc) is 2.61. The van der Waals surface area contributed by atoms with Crippen molar-refractivity contribution in [1.82, 2.24) is 15.1 Å². The molecule has 6 nitrogen and oxygen atoms in total. The summed E-state index contributed by atoms with van der Waals surface area (Å²) in [6.07, 6.45) is 0. The molecule has 1 saturated heterocycles. The first-order valence-corrected chi connectivity index (χ1v) is 8.64. The first kappa shape index (κ1) is 24.9. The summed E-state index contributed by atoms with van der Waals surface area (Å²) < 4.78 is 10.4. The highest BCUT2D eigenvalue weighted by Crippen LogP contribution is 2.14. The topological polar surface area (TPSA) is 54.0 Å². The third-order valence-corrected chi connectivity index (χ3v) is 4.12. The summed E-state index contributed by atoms with van der Waals surface area (Å²) in [6, 6.07) is 8.26. The Balaban J connectivity index is 0.00000312. The van der Waals surface area contributed by atoms with E-state index in [9.17, 15) is 4.79 Å². The predicted octanol–water partition coefficient (Wildman–Crippen LogP) is 1.81. The quantitative estimate of drug-likeness (QED) is 0.632. The van der Waals surface area contributed by atoms with Gasteiger partial charge < -0.3 is 19.7 Å². The van der Waals surface area contributed by atoms with Gasteiger partial charge in [-0.15, -0.1) is 24.8 Å². The van der Waals surface area contributed by atoms with E-state index in [0.717, 1.165) is 38.5 Å². The Bertz CT molecular complexity index is 495. The fourth-order valence-corrected chi connectivity index (χ4v) is 2.75. The van der Waals surface area contributed by atoms with Gasteiger partial charge in [-0.1, -0.05) is 12.1 Å². The van der Waals surface area contributed by atoms with Crippen molar-refractivity contribution >= 4 is 30.7 Å². The second kappa shape index (κ2) is 14.1. The van der Waals surface area contributed by atoms with E-state index in [1.807, 2.05) is 24.0 Å². The maximum absolute atomic E-state index is 12.1. The number of carbonyl (C=O) groups is 1. The zero-order valence-electron chi connectivity index (χ0n) is 15.6. The van der Waals surface area contributed by atoms with Crippen LogP contribution in [-0.2, 0) is 16.1 Å². The standard InChI is InChI=1S/C18H29N3O3.2ClH/c1-3-24-17-6-4-16(5-7-17)15-20-9-11-21(12-10-20)18(22)14-19-8-13-23-2;;/h4-7,19H,3,8-15H2,1-2H3;2*1H. The Morgan fingerprint density at radius 1 is 1.12 bits per heavy atom. The van der Waals surface area contributed by atoms with Gasteiger partial charge in [0.1, 0.15) is 5.75 Å². The molecule has 1 heterocycles. The van der Waals surface area contributed by atoms with Crippen molar-refractivity contribution in [2.24, 2.45) is 0 Å². The Kier molecular flexibility index (Phi) is 13.5. The van der Waals surface area contributed by atoms with Crippen LogP contribution < -0.4 is 10.1 Å². The molecule has 0 atom stereocenters. The van der Waals surface area contributed by atoms with E-state index >= 15 is 0 Å². The lowest BCUT2D eigenvalue weighted by atomic mass is 10.2. The number of hydrogen-bond donors (Lipinski definition) is 1. The third-order valence-electron chi connectivity index (χ3n) is 4.12. The van der Waals surface area contributed by atoms with Crippen LogP contribution in [0.3, 0.4) is 0 Å². The summed E-state index contributed by atoms with van der Waals surface area (Å²) in [6.45, 7) is 8.74. The number of ether oxygens (including phenoxy) is 2. The Labute approximate surface area is 169 Å². The molecule has 1 aliphatic heterocycles.